The number of carbonyl (C=O) groups excluding carboxylic acids is 1. The molecule has 1 amide bonds. The van der Waals surface area contributed by atoms with Crippen LogP contribution >= 0.6 is 0 Å². The van der Waals surface area contributed by atoms with E-state index in [0.29, 0.717) is 0 Å². The van der Waals surface area contributed by atoms with Crippen molar-refractivity contribution in [3.8, 4) is 11.1 Å². The zero-order valence-corrected chi connectivity index (χ0v) is 15.1. The third-order valence-corrected chi connectivity index (χ3v) is 5.23. The highest BCUT2D eigenvalue weighted by atomic mass is 16.1. The number of carbonyl (C=O) groups is 1. The lowest BCUT2D eigenvalue weighted by molar-refractivity contribution is -0.906. The summed E-state index contributed by atoms with van der Waals surface area (Å²) in [6.07, 6.45) is 3.74. The Kier molecular flexibility index (Phi) is 6.24. The van der Waals surface area contributed by atoms with Gasteiger partial charge in [0.2, 0.25) is 0 Å². The van der Waals surface area contributed by atoms with E-state index >= 15 is 0 Å². The van der Waals surface area contributed by atoms with Crippen LogP contribution < -0.4 is 10.2 Å². The van der Waals surface area contributed by atoms with Gasteiger partial charge in [0.15, 0.2) is 0 Å². The Morgan fingerprint density at radius 1 is 1.00 bits per heavy atom. The van der Waals surface area contributed by atoms with E-state index in [1.54, 1.807) is 4.90 Å². The van der Waals surface area contributed by atoms with Gasteiger partial charge in [0.1, 0.15) is 0 Å². The molecule has 2 aromatic rings. The molecule has 25 heavy (non-hydrogen) atoms. The van der Waals surface area contributed by atoms with E-state index in [9.17, 15) is 4.79 Å². The Balaban J connectivity index is 1.42. The summed E-state index contributed by atoms with van der Waals surface area (Å²) in [6, 6.07) is 18.1. The first-order valence-electron chi connectivity index (χ1n) is 9.49. The van der Waals surface area contributed by atoms with Gasteiger partial charge < -0.3 is 10.2 Å². The molecule has 0 unspecified atom stereocenters. The summed E-state index contributed by atoms with van der Waals surface area (Å²) in [5, 5.41) is 3.05. The first kappa shape index (κ1) is 17.7. The topological polar surface area (TPSA) is 33.5 Å². The van der Waals surface area contributed by atoms with E-state index in [4.69, 9.17) is 0 Å². The summed E-state index contributed by atoms with van der Waals surface area (Å²) < 4.78 is 0. The molecule has 0 aromatic heterocycles. The van der Waals surface area contributed by atoms with Crippen molar-refractivity contribution < 1.29 is 9.69 Å². The van der Waals surface area contributed by atoms with Gasteiger partial charge >= 0.3 is 0 Å². The lowest BCUT2D eigenvalue weighted by Gasteiger charge is -2.27. The van der Waals surface area contributed by atoms with Gasteiger partial charge in [0.25, 0.3) is 5.91 Å². The van der Waals surface area contributed by atoms with Crippen LogP contribution in [-0.2, 0) is 0 Å². The Labute approximate surface area is 151 Å². The van der Waals surface area contributed by atoms with E-state index in [1.807, 2.05) is 42.5 Å². The Morgan fingerprint density at radius 3 is 2.32 bits per heavy atom. The predicted octanol–water partition coefficient (Wildman–Crippen LogP) is 2.79. The summed E-state index contributed by atoms with van der Waals surface area (Å²) in [4.78, 5) is 14.0. The Hall–Kier alpha value is -2.13. The van der Waals surface area contributed by atoms with Crippen LogP contribution in [0.15, 0.2) is 54.6 Å². The maximum absolute atomic E-state index is 12.3. The van der Waals surface area contributed by atoms with Crippen molar-refractivity contribution in [1.29, 1.82) is 0 Å². The van der Waals surface area contributed by atoms with Crippen LogP contribution in [0.3, 0.4) is 0 Å². The average Bonchev–Trinajstić information content (AvgIpc) is 2.67. The van der Waals surface area contributed by atoms with Gasteiger partial charge in [-0.1, -0.05) is 49.4 Å². The molecule has 3 rings (SSSR count). The van der Waals surface area contributed by atoms with Crippen LogP contribution in [0, 0.1) is 5.92 Å². The molecular formula is C22H29N2O+. The van der Waals surface area contributed by atoms with Gasteiger partial charge in [-0.25, -0.2) is 0 Å². The molecule has 1 saturated heterocycles. The minimum atomic E-state index is 0.0295. The molecule has 0 saturated carbocycles. The normalized spacial score (nSPS) is 20.2. The summed E-state index contributed by atoms with van der Waals surface area (Å²) in [5.41, 5.74) is 3.05. The molecule has 0 aliphatic carbocycles. The second-order valence-electron chi connectivity index (χ2n) is 7.24. The van der Waals surface area contributed by atoms with E-state index in [0.717, 1.165) is 30.0 Å². The molecule has 1 aliphatic rings. The number of quaternary nitrogens is 1. The molecule has 3 nitrogen and oxygen atoms in total. The van der Waals surface area contributed by atoms with E-state index in [2.05, 4.69) is 24.4 Å². The smallest absolute Gasteiger partial charge is 0.251 e. The van der Waals surface area contributed by atoms with Gasteiger partial charge in [-0.2, -0.15) is 0 Å². The van der Waals surface area contributed by atoms with Crippen LogP contribution in [0.4, 0.5) is 0 Å². The van der Waals surface area contributed by atoms with Crippen molar-refractivity contribution in [3.63, 3.8) is 0 Å². The van der Waals surface area contributed by atoms with Gasteiger partial charge in [-0.3, -0.25) is 4.79 Å². The number of rotatable bonds is 6. The fraction of sp³-hybridized carbons (Fsp3) is 0.409. The van der Waals surface area contributed by atoms with Crippen molar-refractivity contribution in [2.45, 2.75) is 26.2 Å². The monoisotopic (exact) mass is 337 g/mol. The molecule has 2 N–H and O–H groups in total. The quantitative estimate of drug-likeness (QED) is 0.781. The van der Waals surface area contributed by atoms with Crippen LogP contribution in [0.25, 0.3) is 11.1 Å². The highest BCUT2D eigenvalue weighted by Crippen LogP contribution is 2.19. The van der Waals surface area contributed by atoms with Crippen molar-refractivity contribution >= 4 is 5.91 Å². The summed E-state index contributed by atoms with van der Waals surface area (Å²) in [6.45, 7) is 6.85. The van der Waals surface area contributed by atoms with Crippen molar-refractivity contribution in [1.82, 2.24) is 5.32 Å². The summed E-state index contributed by atoms with van der Waals surface area (Å²) >= 11 is 0. The molecule has 0 spiro atoms. The fourth-order valence-corrected chi connectivity index (χ4v) is 3.51. The molecule has 0 atom stereocenters. The van der Waals surface area contributed by atoms with Crippen molar-refractivity contribution in [3.05, 3.63) is 60.2 Å². The van der Waals surface area contributed by atoms with E-state index in [-0.39, 0.29) is 5.91 Å². The SMILES string of the molecule is CC1CC[NH+](CCCNC(=O)c2ccc(-c3ccccc3)cc2)CC1. The number of likely N-dealkylation sites (tertiary alicyclic amines) is 1. The van der Waals surface area contributed by atoms with E-state index in [1.165, 1.54) is 38.0 Å². The Morgan fingerprint density at radius 2 is 1.64 bits per heavy atom. The molecule has 3 heteroatoms. The van der Waals surface area contributed by atoms with Gasteiger partial charge in [-0.05, 0) is 42.0 Å². The first-order chi connectivity index (χ1) is 12.2. The zero-order chi connectivity index (χ0) is 17.5. The minimum Gasteiger partial charge on any atom is -0.352 e. The van der Waals surface area contributed by atoms with Crippen LogP contribution in [0.1, 0.15) is 36.5 Å². The van der Waals surface area contributed by atoms with Crippen LogP contribution in [0.5, 0.6) is 0 Å². The number of benzene rings is 2. The first-order valence-corrected chi connectivity index (χ1v) is 9.49. The molecule has 1 heterocycles. The molecule has 1 aliphatic heterocycles. The molecule has 132 valence electrons. The van der Waals surface area contributed by atoms with Crippen LogP contribution in [-0.4, -0.2) is 32.1 Å². The van der Waals surface area contributed by atoms with Crippen LogP contribution in [0.2, 0.25) is 0 Å². The maximum atomic E-state index is 12.3. The van der Waals surface area contributed by atoms with Gasteiger partial charge in [0, 0.05) is 18.5 Å². The van der Waals surface area contributed by atoms with E-state index < -0.39 is 0 Å². The number of hydrogen-bond donors (Lipinski definition) is 2. The number of amides is 1. The molecule has 1 fully saturated rings. The summed E-state index contributed by atoms with van der Waals surface area (Å²) in [5.74, 6) is 0.921. The number of piperidine rings is 1. The third-order valence-electron chi connectivity index (χ3n) is 5.23. The standard InChI is InChI=1S/C22H28N2O/c1-18-12-16-24(17-13-18)15-5-14-23-22(25)21-10-8-20(9-11-21)19-6-3-2-4-7-19/h2-4,6-11,18H,5,12-17H2,1H3,(H,23,25)/p+1. The third kappa shape index (κ3) is 5.17. The molecule has 0 bridgehead atoms. The lowest BCUT2D eigenvalue weighted by atomic mass is 9.99. The van der Waals surface area contributed by atoms with Crippen molar-refractivity contribution in [2.24, 2.45) is 5.92 Å². The van der Waals surface area contributed by atoms with Gasteiger partial charge in [-0.15, -0.1) is 0 Å². The highest BCUT2D eigenvalue weighted by molar-refractivity contribution is 5.94. The number of hydrogen-bond acceptors (Lipinski definition) is 1. The average molecular weight is 337 g/mol. The van der Waals surface area contributed by atoms with Crippen molar-refractivity contribution in [2.75, 3.05) is 26.2 Å². The predicted molar refractivity (Wildman–Crippen MR) is 103 cm³/mol. The fourth-order valence-electron chi connectivity index (χ4n) is 3.51. The largest absolute Gasteiger partial charge is 0.352 e. The summed E-state index contributed by atoms with van der Waals surface area (Å²) in [7, 11) is 0. The highest BCUT2D eigenvalue weighted by Gasteiger charge is 2.18. The maximum Gasteiger partial charge on any atom is 0.251 e. The molecule has 2 aromatic carbocycles. The second-order valence-corrected chi connectivity index (χ2v) is 7.24. The second kappa shape index (κ2) is 8.82. The zero-order valence-electron chi connectivity index (χ0n) is 15.1. The lowest BCUT2D eigenvalue weighted by Crippen LogP contribution is -3.13. The Bertz CT molecular complexity index is 658. The van der Waals surface area contributed by atoms with Gasteiger partial charge in [0.05, 0.1) is 19.6 Å². The molecular weight excluding hydrogens is 308 g/mol. The number of nitrogens with one attached hydrogen (secondary N) is 2. The minimum absolute atomic E-state index is 0.0295. The molecule has 0 radical (unpaired) electrons.